The molecule has 21 heavy (non-hydrogen) atoms. The highest BCUT2D eigenvalue weighted by molar-refractivity contribution is 6.30. The highest BCUT2D eigenvalue weighted by atomic mass is 35.5. The topological polar surface area (TPSA) is 28.2 Å². The highest BCUT2D eigenvalue weighted by Crippen LogP contribution is 2.21. The SMILES string of the molecule is CCCNCc1ccncc1N(C)Cc1cccc(Cl)c1. The second kappa shape index (κ2) is 8.01. The quantitative estimate of drug-likeness (QED) is 0.787. The van der Waals surface area contributed by atoms with E-state index < -0.39 is 0 Å². The first kappa shape index (κ1) is 15.8. The third kappa shape index (κ3) is 4.73. The third-order valence-corrected chi connectivity index (χ3v) is 3.58. The summed E-state index contributed by atoms with van der Waals surface area (Å²) in [6.07, 6.45) is 4.91. The molecular formula is C17H22ClN3. The molecule has 1 aromatic carbocycles. The number of hydrogen-bond donors (Lipinski definition) is 1. The van der Waals surface area contributed by atoms with Gasteiger partial charge in [-0.25, -0.2) is 0 Å². The molecule has 0 saturated carbocycles. The molecule has 1 aromatic heterocycles. The van der Waals surface area contributed by atoms with Gasteiger partial charge < -0.3 is 10.2 Å². The minimum atomic E-state index is 0.775. The summed E-state index contributed by atoms with van der Waals surface area (Å²) in [6, 6.07) is 10.1. The smallest absolute Gasteiger partial charge is 0.0598 e. The maximum Gasteiger partial charge on any atom is 0.0598 e. The first-order valence-corrected chi connectivity index (χ1v) is 7.67. The monoisotopic (exact) mass is 303 g/mol. The molecule has 0 fully saturated rings. The molecule has 112 valence electrons. The van der Waals surface area contributed by atoms with Crippen LogP contribution in [0.3, 0.4) is 0 Å². The van der Waals surface area contributed by atoms with E-state index in [-0.39, 0.29) is 0 Å². The van der Waals surface area contributed by atoms with E-state index in [1.807, 2.05) is 30.6 Å². The van der Waals surface area contributed by atoms with Crippen LogP contribution in [0.5, 0.6) is 0 Å². The summed E-state index contributed by atoms with van der Waals surface area (Å²) in [7, 11) is 2.08. The molecule has 2 aromatic rings. The first-order valence-electron chi connectivity index (χ1n) is 7.30. The molecule has 2 rings (SSSR count). The van der Waals surface area contributed by atoms with Crippen LogP contribution in [0.4, 0.5) is 5.69 Å². The molecule has 1 heterocycles. The van der Waals surface area contributed by atoms with Crippen molar-refractivity contribution >= 4 is 17.3 Å². The van der Waals surface area contributed by atoms with Crippen molar-refractivity contribution in [2.24, 2.45) is 0 Å². The van der Waals surface area contributed by atoms with Crippen molar-refractivity contribution in [1.82, 2.24) is 10.3 Å². The first-order chi connectivity index (χ1) is 10.2. The minimum absolute atomic E-state index is 0.775. The van der Waals surface area contributed by atoms with Crippen molar-refractivity contribution in [3.05, 3.63) is 58.9 Å². The Morgan fingerprint density at radius 2 is 2.14 bits per heavy atom. The largest absolute Gasteiger partial charge is 0.369 e. The standard InChI is InChI=1S/C17H22ClN3/c1-3-8-19-11-15-7-9-20-12-17(15)21(2)13-14-5-4-6-16(18)10-14/h4-7,9-10,12,19H,3,8,11,13H2,1-2H3. The van der Waals surface area contributed by atoms with Crippen LogP contribution in [-0.4, -0.2) is 18.6 Å². The van der Waals surface area contributed by atoms with Crippen LogP contribution >= 0.6 is 11.6 Å². The highest BCUT2D eigenvalue weighted by Gasteiger charge is 2.08. The average Bonchev–Trinajstić information content (AvgIpc) is 2.48. The fourth-order valence-corrected chi connectivity index (χ4v) is 2.52. The van der Waals surface area contributed by atoms with Gasteiger partial charge in [0.1, 0.15) is 0 Å². The Morgan fingerprint density at radius 3 is 2.90 bits per heavy atom. The molecule has 0 saturated heterocycles. The van der Waals surface area contributed by atoms with Gasteiger partial charge in [0, 0.05) is 31.4 Å². The predicted molar refractivity (Wildman–Crippen MR) is 89.8 cm³/mol. The van der Waals surface area contributed by atoms with Gasteiger partial charge in [0.25, 0.3) is 0 Å². The number of benzene rings is 1. The van der Waals surface area contributed by atoms with Gasteiger partial charge in [-0.05, 0) is 42.3 Å². The molecule has 0 bridgehead atoms. The zero-order valence-electron chi connectivity index (χ0n) is 12.6. The van der Waals surface area contributed by atoms with Gasteiger partial charge in [-0.3, -0.25) is 4.98 Å². The number of aromatic nitrogens is 1. The van der Waals surface area contributed by atoms with Crippen molar-refractivity contribution in [2.45, 2.75) is 26.4 Å². The summed E-state index contributed by atoms with van der Waals surface area (Å²) < 4.78 is 0. The van der Waals surface area contributed by atoms with E-state index >= 15 is 0 Å². The second-order valence-electron chi connectivity index (χ2n) is 5.17. The Hall–Kier alpha value is -1.58. The molecule has 3 nitrogen and oxygen atoms in total. The molecular weight excluding hydrogens is 282 g/mol. The van der Waals surface area contributed by atoms with Crippen LogP contribution in [-0.2, 0) is 13.1 Å². The molecule has 0 aliphatic heterocycles. The second-order valence-corrected chi connectivity index (χ2v) is 5.60. The Balaban J connectivity index is 2.09. The van der Waals surface area contributed by atoms with Gasteiger partial charge in [-0.15, -0.1) is 0 Å². The number of pyridine rings is 1. The molecule has 4 heteroatoms. The molecule has 0 atom stereocenters. The maximum atomic E-state index is 6.05. The van der Waals surface area contributed by atoms with Gasteiger partial charge in [-0.2, -0.15) is 0 Å². The van der Waals surface area contributed by atoms with Crippen LogP contribution in [0.25, 0.3) is 0 Å². The van der Waals surface area contributed by atoms with Crippen molar-refractivity contribution < 1.29 is 0 Å². The zero-order valence-corrected chi connectivity index (χ0v) is 13.4. The lowest BCUT2D eigenvalue weighted by Crippen LogP contribution is -2.21. The third-order valence-electron chi connectivity index (χ3n) is 3.35. The fourth-order valence-electron chi connectivity index (χ4n) is 2.30. The minimum Gasteiger partial charge on any atom is -0.369 e. The van der Waals surface area contributed by atoms with E-state index in [0.717, 1.165) is 36.8 Å². The van der Waals surface area contributed by atoms with Gasteiger partial charge in [0.15, 0.2) is 0 Å². The van der Waals surface area contributed by atoms with Crippen molar-refractivity contribution in [2.75, 3.05) is 18.5 Å². The lowest BCUT2D eigenvalue weighted by atomic mass is 10.1. The lowest BCUT2D eigenvalue weighted by molar-refractivity contribution is 0.673. The Morgan fingerprint density at radius 1 is 1.29 bits per heavy atom. The van der Waals surface area contributed by atoms with Gasteiger partial charge >= 0.3 is 0 Å². The van der Waals surface area contributed by atoms with Gasteiger partial charge in [-0.1, -0.05) is 30.7 Å². The number of nitrogens with zero attached hydrogens (tertiary/aromatic N) is 2. The molecule has 0 spiro atoms. The summed E-state index contributed by atoms with van der Waals surface area (Å²) in [5, 5.41) is 4.22. The van der Waals surface area contributed by atoms with E-state index in [4.69, 9.17) is 11.6 Å². The molecule has 0 unspecified atom stereocenters. The van der Waals surface area contributed by atoms with Crippen LogP contribution in [0.2, 0.25) is 5.02 Å². The summed E-state index contributed by atoms with van der Waals surface area (Å²) in [4.78, 5) is 6.47. The van der Waals surface area contributed by atoms with Crippen LogP contribution in [0.1, 0.15) is 24.5 Å². The number of halogens is 1. The average molecular weight is 304 g/mol. The van der Waals surface area contributed by atoms with E-state index in [1.54, 1.807) is 0 Å². The van der Waals surface area contributed by atoms with E-state index in [9.17, 15) is 0 Å². The molecule has 0 radical (unpaired) electrons. The maximum absolute atomic E-state index is 6.05. The van der Waals surface area contributed by atoms with E-state index in [2.05, 4.69) is 41.3 Å². The van der Waals surface area contributed by atoms with Crippen LogP contribution in [0, 0.1) is 0 Å². The Kier molecular flexibility index (Phi) is 6.03. The normalized spacial score (nSPS) is 10.6. The van der Waals surface area contributed by atoms with Crippen molar-refractivity contribution in [1.29, 1.82) is 0 Å². The number of nitrogens with one attached hydrogen (secondary N) is 1. The van der Waals surface area contributed by atoms with Crippen LogP contribution in [0.15, 0.2) is 42.7 Å². The van der Waals surface area contributed by atoms with Gasteiger partial charge in [0.05, 0.1) is 11.9 Å². The van der Waals surface area contributed by atoms with E-state index in [0.29, 0.717) is 0 Å². The summed E-state index contributed by atoms with van der Waals surface area (Å²) in [5.41, 5.74) is 3.62. The van der Waals surface area contributed by atoms with Crippen molar-refractivity contribution in [3.63, 3.8) is 0 Å². The summed E-state index contributed by atoms with van der Waals surface area (Å²) >= 11 is 6.05. The number of anilines is 1. The molecule has 0 aliphatic carbocycles. The molecule has 0 amide bonds. The zero-order chi connectivity index (χ0) is 15.1. The number of rotatable bonds is 7. The number of hydrogen-bond acceptors (Lipinski definition) is 3. The summed E-state index contributed by atoms with van der Waals surface area (Å²) in [6.45, 7) is 4.88. The Labute approximate surface area is 132 Å². The van der Waals surface area contributed by atoms with Gasteiger partial charge in [0.2, 0.25) is 0 Å². The fraction of sp³-hybridized carbons (Fsp3) is 0.353. The molecule has 1 N–H and O–H groups in total. The Bertz CT molecular complexity index is 571. The van der Waals surface area contributed by atoms with E-state index in [1.165, 1.54) is 11.1 Å². The lowest BCUT2D eigenvalue weighted by Gasteiger charge is -2.22. The van der Waals surface area contributed by atoms with Crippen LogP contribution < -0.4 is 10.2 Å². The summed E-state index contributed by atoms with van der Waals surface area (Å²) in [5.74, 6) is 0. The van der Waals surface area contributed by atoms with Crippen molar-refractivity contribution in [3.8, 4) is 0 Å². The molecule has 0 aliphatic rings. The predicted octanol–water partition coefficient (Wildman–Crippen LogP) is 3.87.